The van der Waals surface area contributed by atoms with Crippen LogP contribution in [0.15, 0.2) is 34.7 Å². The van der Waals surface area contributed by atoms with Gasteiger partial charge in [-0.1, -0.05) is 23.3 Å². The Morgan fingerprint density at radius 1 is 1.25 bits per heavy atom. The van der Waals surface area contributed by atoms with Crippen molar-refractivity contribution in [2.75, 3.05) is 19.0 Å². The van der Waals surface area contributed by atoms with E-state index in [-0.39, 0.29) is 0 Å². The second-order valence-corrected chi connectivity index (χ2v) is 3.16. The minimum Gasteiger partial charge on any atom is -0.493 e. The summed E-state index contributed by atoms with van der Waals surface area (Å²) in [5.74, 6) is 1.41. The highest BCUT2D eigenvalue weighted by atomic mass is 16.5. The smallest absolute Gasteiger partial charge is 0.315 e. The molecule has 1 aromatic carbocycles. The molecule has 16 heavy (non-hydrogen) atoms. The number of para-hydroxylation sites is 1. The fourth-order valence-corrected chi connectivity index (χ4v) is 1.23. The van der Waals surface area contributed by atoms with E-state index >= 15 is 0 Å². The predicted octanol–water partition coefficient (Wildman–Crippen LogP) is 1.73. The summed E-state index contributed by atoms with van der Waals surface area (Å²) in [4.78, 5) is 0. The van der Waals surface area contributed by atoms with Crippen LogP contribution in [0.2, 0.25) is 0 Å². The lowest BCUT2D eigenvalue weighted by Crippen LogP contribution is -2.01. The van der Waals surface area contributed by atoms with Crippen molar-refractivity contribution in [1.82, 2.24) is 10.2 Å². The normalized spacial score (nSPS) is 10.1. The maximum Gasteiger partial charge on any atom is 0.315 e. The SMILES string of the molecule is CNc1nnc(CCOc2ccccc2)o1. The van der Waals surface area contributed by atoms with Crippen LogP contribution in [0.3, 0.4) is 0 Å². The van der Waals surface area contributed by atoms with E-state index in [1.165, 1.54) is 0 Å². The Morgan fingerprint density at radius 3 is 2.75 bits per heavy atom. The molecule has 5 nitrogen and oxygen atoms in total. The van der Waals surface area contributed by atoms with Crippen molar-refractivity contribution in [2.45, 2.75) is 6.42 Å². The van der Waals surface area contributed by atoms with Crippen LogP contribution < -0.4 is 10.1 Å². The molecule has 0 unspecified atom stereocenters. The van der Waals surface area contributed by atoms with Gasteiger partial charge < -0.3 is 14.5 Å². The third kappa shape index (κ3) is 2.73. The second kappa shape index (κ2) is 5.16. The molecule has 0 bridgehead atoms. The van der Waals surface area contributed by atoms with Gasteiger partial charge in [0, 0.05) is 7.05 Å². The number of ether oxygens (including phenoxy) is 1. The first-order chi connectivity index (χ1) is 7.88. The van der Waals surface area contributed by atoms with Gasteiger partial charge in [0.25, 0.3) is 0 Å². The summed E-state index contributed by atoms with van der Waals surface area (Å²) in [6.07, 6.45) is 0.601. The summed E-state index contributed by atoms with van der Waals surface area (Å²) in [6, 6.07) is 10.1. The van der Waals surface area contributed by atoms with E-state index in [9.17, 15) is 0 Å². The predicted molar refractivity (Wildman–Crippen MR) is 59.5 cm³/mol. The van der Waals surface area contributed by atoms with Crippen LogP contribution in [0.4, 0.5) is 6.01 Å². The molecule has 0 spiro atoms. The maximum atomic E-state index is 5.50. The van der Waals surface area contributed by atoms with Crippen LogP contribution in [0, 0.1) is 0 Å². The van der Waals surface area contributed by atoms with E-state index in [2.05, 4.69) is 15.5 Å². The highest BCUT2D eigenvalue weighted by Crippen LogP contribution is 2.09. The maximum absolute atomic E-state index is 5.50. The molecule has 0 fully saturated rings. The minimum absolute atomic E-state index is 0.426. The molecule has 0 aliphatic rings. The highest BCUT2D eigenvalue weighted by molar-refractivity contribution is 5.21. The number of hydrogen-bond acceptors (Lipinski definition) is 5. The first-order valence-corrected chi connectivity index (χ1v) is 5.06. The van der Waals surface area contributed by atoms with Crippen molar-refractivity contribution in [2.24, 2.45) is 0 Å². The van der Waals surface area contributed by atoms with Gasteiger partial charge in [0.05, 0.1) is 13.0 Å². The number of nitrogens with zero attached hydrogens (tertiary/aromatic N) is 2. The number of benzene rings is 1. The molecule has 0 radical (unpaired) electrons. The summed E-state index contributed by atoms with van der Waals surface area (Å²) < 4.78 is 10.8. The summed E-state index contributed by atoms with van der Waals surface area (Å²) >= 11 is 0. The molecule has 1 heterocycles. The summed E-state index contributed by atoms with van der Waals surface area (Å²) in [7, 11) is 1.73. The Bertz CT molecular complexity index is 428. The topological polar surface area (TPSA) is 60.2 Å². The quantitative estimate of drug-likeness (QED) is 0.829. The number of hydrogen-bond donors (Lipinski definition) is 1. The highest BCUT2D eigenvalue weighted by Gasteiger charge is 2.03. The van der Waals surface area contributed by atoms with Crippen molar-refractivity contribution in [1.29, 1.82) is 0 Å². The molecule has 0 amide bonds. The Morgan fingerprint density at radius 2 is 2.06 bits per heavy atom. The first-order valence-electron chi connectivity index (χ1n) is 5.06. The minimum atomic E-state index is 0.426. The lowest BCUT2D eigenvalue weighted by Gasteiger charge is -2.02. The van der Waals surface area contributed by atoms with Gasteiger partial charge >= 0.3 is 6.01 Å². The van der Waals surface area contributed by atoms with Crippen LogP contribution in [0.1, 0.15) is 5.89 Å². The summed E-state index contributed by atoms with van der Waals surface area (Å²) in [5.41, 5.74) is 0. The van der Waals surface area contributed by atoms with Crippen molar-refractivity contribution in [3.63, 3.8) is 0 Å². The third-order valence-corrected chi connectivity index (χ3v) is 2.01. The van der Waals surface area contributed by atoms with Crippen LogP contribution >= 0.6 is 0 Å². The van der Waals surface area contributed by atoms with E-state index in [4.69, 9.17) is 9.15 Å². The van der Waals surface area contributed by atoms with Gasteiger partial charge in [-0.15, -0.1) is 5.10 Å². The third-order valence-electron chi connectivity index (χ3n) is 2.01. The van der Waals surface area contributed by atoms with Crippen molar-refractivity contribution in [3.05, 3.63) is 36.2 Å². The fraction of sp³-hybridized carbons (Fsp3) is 0.273. The summed E-state index contributed by atoms with van der Waals surface area (Å²) in [5, 5.41) is 10.4. The molecule has 0 saturated heterocycles. The van der Waals surface area contributed by atoms with Gasteiger partial charge in [-0.3, -0.25) is 0 Å². The standard InChI is InChI=1S/C11H13N3O2/c1-12-11-14-13-10(16-11)7-8-15-9-5-3-2-4-6-9/h2-6H,7-8H2,1H3,(H,12,14). The lowest BCUT2D eigenvalue weighted by molar-refractivity contribution is 0.307. The average Bonchev–Trinajstić information content (AvgIpc) is 2.78. The van der Waals surface area contributed by atoms with Crippen molar-refractivity contribution >= 4 is 6.01 Å². The van der Waals surface area contributed by atoms with Gasteiger partial charge in [-0.2, -0.15) is 0 Å². The Balaban J connectivity index is 1.80. The molecule has 2 aromatic rings. The van der Waals surface area contributed by atoms with Gasteiger partial charge in [-0.25, -0.2) is 0 Å². The number of anilines is 1. The zero-order chi connectivity index (χ0) is 11.2. The van der Waals surface area contributed by atoms with Crippen LogP contribution in [0.25, 0.3) is 0 Å². The molecule has 0 saturated carbocycles. The van der Waals surface area contributed by atoms with Gasteiger partial charge in [-0.05, 0) is 12.1 Å². The van der Waals surface area contributed by atoms with E-state index in [1.807, 2.05) is 30.3 Å². The van der Waals surface area contributed by atoms with E-state index in [0.29, 0.717) is 24.9 Å². The average molecular weight is 219 g/mol. The van der Waals surface area contributed by atoms with Gasteiger partial charge in [0.2, 0.25) is 5.89 Å². The van der Waals surface area contributed by atoms with Gasteiger partial charge in [0.1, 0.15) is 5.75 Å². The molecule has 1 aromatic heterocycles. The Labute approximate surface area is 93.4 Å². The molecule has 5 heteroatoms. The zero-order valence-corrected chi connectivity index (χ0v) is 9.01. The van der Waals surface area contributed by atoms with Crippen LogP contribution in [0.5, 0.6) is 5.75 Å². The summed E-state index contributed by atoms with van der Waals surface area (Å²) in [6.45, 7) is 0.523. The molecule has 0 aliphatic heterocycles. The van der Waals surface area contributed by atoms with Gasteiger partial charge in [0.15, 0.2) is 0 Å². The molecule has 2 rings (SSSR count). The lowest BCUT2D eigenvalue weighted by atomic mass is 10.3. The van der Waals surface area contributed by atoms with E-state index in [1.54, 1.807) is 7.05 Å². The molecular weight excluding hydrogens is 206 g/mol. The number of rotatable bonds is 5. The molecule has 1 N–H and O–H groups in total. The van der Waals surface area contributed by atoms with Crippen molar-refractivity contribution < 1.29 is 9.15 Å². The first kappa shape index (κ1) is 10.5. The van der Waals surface area contributed by atoms with Crippen LogP contribution in [-0.2, 0) is 6.42 Å². The molecule has 84 valence electrons. The Kier molecular flexibility index (Phi) is 3.38. The number of aromatic nitrogens is 2. The monoisotopic (exact) mass is 219 g/mol. The van der Waals surface area contributed by atoms with E-state index in [0.717, 1.165) is 5.75 Å². The fourth-order valence-electron chi connectivity index (χ4n) is 1.23. The van der Waals surface area contributed by atoms with E-state index < -0.39 is 0 Å². The molecule has 0 aliphatic carbocycles. The zero-order valence-electron chi connectivity index (χ0n) is 9.01. The molecule has 0 atom stereocenters. The van der Waals surface area contributed by atoms with Crippen LogP contribution in [-0.4, -0.2) is 23.9 Å². The van der Waals surface area contributed by atoms with Crippen molar-refractivity contribution in [3.8, 4) is 5.75 Å². The number of nitrogens with one attached hydrogen (secondary N) is 1. The largest absolute Gasteiger partial charge is 0.493 e. The molecular formula is C11H13N3O2. The second-order valence-electron chi connectivity index (χ2n) is 3.16. The Hall–Kier alpha value is -2.04.